The summed E-state index contributed by atoms with van der Waals surface area (Å²) in [6, 6.07) is 21.6. The summed E-state index contributed by atoms with van der Waals surface area (Å²) >= 11 is 0. The lowest BCUT2D eigenvalue weighted by atomic mass is 9.83. The minimum absolute atomic E-state index is 0.107. The van der Waals surface area contributed by atoms with Gasteiger partial charge in [0.25, 0.3) is 0 Å². The van der Waals surface area contributed by atoms with E-state index in [4.69, 9.17) is 10.8 Å². The van der Waals surface area contributed by atoms with Crippen molar-refractivity contribution in [2.24, 2.45) is 5.73 Å². The first kappa shape index (κ1) is 22.5. The summed E-state index contributed by atoms with van der Waals surface area (Å²) in [6.45, 7) is 2.17. The first-order valence-corrected chi connectivity index (χ1v) is 10.4. The van der Waals surface area contributed by atoms with Gasteiger partial charge in [0.15, 0.2) is 0 Å². The van der Waals surface area contributed by atoms with Crippen LogP contribution >= 0.6 is 0 Å². The zero-order chi connectivity index (χ0) is 22.2. The molecule has 0 saturated carbocycles. The van der Waals surface area contributed by atoms with Gasteiger partial charge in [0.2, 0.25) is 0 Å². The molecule has 1 amide bonds. The molecule has 3 rings (SSSR count). The number of aliphatic hydroxyl groups excluding tert-OH is 1. The summed E-state index contributed by atoms with van der Waals surface area (Å²) in [5.74, 6) is -0.107. The molecule has 0 spiro atoms. The number of amides is 1. The Bertz CT molecular complexity index is 960. The lowest BCUT2D eigenvalue weighted by molar-refractivity contribution is 0.121. The number of aryl methyl sites for hydroxylation is 1. The lowest BCUT2D eigenvalue weighted by Crippen LogP contribution is -2.42. The molecule has 3 atom stereocenters. The van der Waals surface area contributed by atoms with Gasteiger partial charge >= 0.3 is 6.09 Å². The summed E-state index contributed by atoms with van der Waals surface area (Å²) in [5, 5.41) is 21.6. The maximum Gasteiger partial charge on any atom is 0.404 e. The summed E-state index contributed by atoms with van der Waals surface area (Å²) in [5.41, 5.74) is 11.7. The van der Waals surface area contributed by atoms with Gasteiger partial charge in [0, 0.05) is 30.3 Å². The van der Waals surface area contributed by atoms with Crippen molar-refractivity contribution in [3.63, 3.8) is 0 Å². The van der Waals surface area contributed by atoms with E-state index in [-0.39, 0.29) is 18.9 Å². The van der Waals surface area contributed by atoms with Crippen LogP contribution in [0.4, 0.5) is 4.79 Å². The third-order valence-corrected chi connectivity index (χ3v) is 5.47. The summed E-state index contributed by atoms with van der Waals surface area (Å²) < 4.78 is 0. The average Bonchev–Trinajstić information content (AvgIpc) is 2.78. The minimum atomic E-state index is -1.11. The molecule has 162 valence electrons. The Balaban J connectivity index is 1.75. The van der Waals surface area contributed by atoms with Gasteiger partial charge in [-0.05, 0) is 42.5 Å². The number of carboxylic acid groups (broad SMARTS) is 1. The van der Waals surface area contributed by atoms with Crippen LogP contribution in [0.3, 0.4) is 0 Å². The Morgan fingerprint density at radius 2 is 1.77 bits per heavy atom. The van der Waals surface area contributed by atoms with E-state index in [2.05, 4.69) is 22.4 Å². The molecule has 0 aliphatic carbocycles. The second kappa shape index (κ2) is 10.7. The van der Waals surface area contributed by atoms with Crippen LogP contribution in [-0.2, 0) is 6.42 Å². The Kier molecular flexibility index (Phi) is 7.76. The normalized spacial score (nSPS) is 13.9. The molecule has 0 radical (unpaired) electrons. The van der Waals surface area contributed by atoms with Crippen LogP contribution in [0.2, 0.25) is 0 Å². The maximum atomic E-state index is 10.7. The molecule has 0 aliphatic heterocycles. The van der Waals surface area contributed by atoms with Crippen molar-refractivity contribution in [1.82, 2.24) is 10.3 Å². The van der Waals surface area contributed by atoms with E-state index in [1.165, 1.54) is 0 Å². The number of nitrogens with zero attached hydrogens (tertiary/aromatic N) is 1. The van der Waals surface area contributed by atoms with Crippen molar-refractivity contribution in [2.45, 2.75) is 37.8 Å². The zero-order valence-electron chi connectivity index (χ0n) is 17.6. The van der Waals surface area contributed by atoms with Gasteiger partial charge in [-0.1, -0.05) is 60.7 Å². The number of hydrogen-bond acceptors (Lipinski definition) is 4. The quantitative estimate of drug-likeness (QED) is 0.423. The van der Waals surface area contributed by atoms with Crippen LogP contribution in [0.1, 0.15) is 29.0 Å². The van der Waals surface area contributed by atoms with Crippen molar-refractivity contribution in [3.8, 4) is 11.3 Å². The molecule has 0 fully saturated rings. The van der Waals surface area contributed by atoms with Crippen LogP contribution in [0.5, 0.6) is 0 Å². The van der Waals surface area contributed by atoms with Gasteiger partial charge in [-0.15, -0.1) is 0 Å². The van der Waals surface area contributed by atoms with Crippen LogP contribution in [-0.4, -0.2) is 40.0 Å². The largest absolute Gasteiger partial charge is 0.465 e. The fraction of sp³-hybridized carbons (Fsp3) is 0.280. The molecule has 0 aliphatic rings. The molecule has 0 saturated heterocycles. The van der Waals surface area contributed by atoms with Crippen molar-refractivity contribution < 1.29 is 15.0 Å². The number of nitrogens with one attached hydrogen (secondary N) is 1. The Morgan fingerprint density at radius 1 is 1.06 bits per heavy atom. The Hall–Kier alpha value is -3.22. The number of carbonyl (C=O) groups is 1. The summed E-state index contributed by atoms with van der Waals surface area (Å²) in [7, 11) is 0. The molecule has 31 heavy (non-hydrogen) atoms. The third kappa shape index (κ3) is 6.38. The SMILES string of the molecule is Cc1ccc(-c2ccc(CC(c3ccccc3)[C@H](N)[C@@H](O)CCNC(=O)O)cc2)nc1. The summed E-state index contributed by atoms with van der Waals surface area (Å²) in [6.07, 6.45) is 0.843. The molecule has 6 heteroatoms. The van der Waals surface area contributed by atoms with Gasteiger partial charge in [0.05, 0.1) is 11.8 Å². The number of rotatable bonds is 9. The molecular formula is C25H29N3O3. The smallest absolute Gasteiger partial charge is 0.404 e. The molecule has 5 N–H and O–H groups in total. The number of nitrogens with two attached hydrogens (primary N) is 1. The van der Waals surface area contributed by atoms with Gasteiger partial charge in [-0.25, -0.2) is 4.79 Å². The fourth-order valence-electron chi connectivity index (χ4n) is 3.67. The van der Waals surface area contributed by atoms with E-state index in [1.807, 2.05) is 67.7 Å². The molecule has 3 aromatic rings. The van der Waals surface area contributed by atoms with E-state index in [0.29, 0.717) is 6.42 Å². The maximum absolute atomic E-state index is 10.7. The van der Waals surface area contributed by atoms with Crippen LogP contribution in [0, 0.1) is 6.92 Å². The van der Waals surface area contributed by atoms with Crippen LogP contribution in [0.25, 0.3) is 11.3 Å². The number of aliphatic hydroxyl groups is 1. The predicted octanol–water partition coefficient (Wildman–Crippen LogP) is 3.73. The molecule has 1 aromatic heterocycles. The topological polar surface area (TPSA) is 108 Å². The predicted molar refractivity (Wildman–Crippen MR) is 122 cm³/mol. The van der Waals surface area contributed by atoms with E-state index in [1.54, 1.807) is 0 Å². The third-order valence-electron chi connectivity index (χ3n) is 5.47. The van der Waals surface area contributed by atoms with Crippen LogP contribution < -0.4 is 11.1 Å². The van der Waals surface area contributed by atoms with E-state index in [9.17, 15) is 9.90 Å². The minimum Gasteiger partial charge on any atom is -0.465 e. The highest BCUT2D eigenvalue weighted by atomic mass is 16.4. The van der Waals surface area contributed by atoms with Crippen molar-refractivity contribution in [1.29, 1.82) is 0 Å². The van der Waals surface area contributed by atoms with Gasteiger partial charge in [-0.2, -0.15) is 0 Å². The molecule has 2 aromatic carbocycles. The highest BCUT2D eigenvalue weighted by Crippen LogP contribution is 2.27. The number of benzene rings is 2. The number of aromatic nitrogens is 1. The second-order valence-corrected chi connectivity index (χ2v) is 7.80. The highest BCUT2D eigenvalue weighted by Gasteiger charge is 2.26. The lowest BCUT2D eigenvalue weighted by Gasteiger charge is -2.28. The molecule has 6 nitrogen and oxygen atoms in total. The van der Waals surface area contributed by atoms with Crippen LogP contribution in [0.15, 0.2) is 72.9 Å². The average molecular weight is 420 g/mol. The molecule has 0 bridgehead atoms. The second-order valence-electron chi connectivity index (χ2n) is 7.80. The van der Waals surface area contributed by atoms with Gasteiger partial charge in [0.1, 0.15) is 0 Å². The monoisotopic (exact) mass is 419 g/mol. The first-order chi connectivity index (χ1) is 14.9. The van der Waals surface area contributed by atoms with E-state index >= 15 is 0 Å². The van der Waals surface area contributed by atoms with Crippen molar-refractivity contribution in [3.05, 3.63) is 89.6 Å². The highest BCUT2D eigenvalue weighted by molar-refractivity contribution is 5.64. The van der Waals surface area contributed by atoms with Gasteiger partial charge in [-0.3, -0.25) is 4.98 Å². The standard InChI is InChI=1S/C25H29N3O3/c1-17-7-12-22(28-16-17)20-10-8-18(9-11-20)15-21(19-5-3-2-4-6-19)24(26)23(29)13-14-27-25(30)31/h2-12,16,21,23-24,27,29H,13-15,26H2,1H3,(H,30,31)/t21?,23-,24-/m0/s1. The number of pyridine rings is 1. The first-order valence-electron chi connectivity index (χ1n) is 10.4. The molecular weight excluding hydrogens is 390 g/mol. The Morgan fingerprint density at radius 3 is 2.39 bits per heavy atom. The van der Waals surface area contributed by atoms with Crippen molar-refractivity contribution >= 4 is 6.09 Å². The number of hydrogen-bond donors (Lipinski definition) is 4. The van der Waals surface area contributed by atoms with E-state index in [0.717, 1.165) is 27.9 Å². The zero-order valence-corrected chi connectivity index (χ0v) is 17.6. The molecule has 1 heterocycles. The summed E-state index contributed by atoms with van der Waals surface area (Å²) in [4.78, 5) is 15.1. The van der Waals surface area contributed by atoms with Gasteiger partial charge < -0.3 is 21.3 Å². The molecule has 1 unspecified atom stereocenters. The van der Waals surface area contributed by atoms with E-state index < -0.39 is 18.2 Å². The van der Waals surface area contributed by atoms with Crippen molar-refractivity contribution in [2.75, 3.05) is 6.54 Å². The fourth-order valence-corrected chi connectivity index (χ4v) is 3.67. The Labute approximate surface area is 182 Å².